The molecule has 0 saturated carbocycles. The van der Waals surface area contributed by atoms with Gasteiger partial charge < -0.3 is 26.2 Å². The van der Waals surface area contributed by atoms with Gasteiger partial charge in [0.1, 0.15) is 0 Å². The minimum absolute atomic E-state index is 0.188. The molecule has 0 saturated heterocycles. The third-order valence-electron chi connectivity index (χ3n) is 7.26. The molecule has 0 aliphatic heterocycles. The van der Waals surface area contributed by atoms with Crippen LogP contribution in [-0.2, 0) is 0 Å². The highest BCUT2D eigenvalue weighted by atomic mass is 79.9. The van der Waals surface area contributed by atoms with Crippen LogP contribution in [0.2, 0.25) is 0 Å². The Hall–Kier alpha value is -2.32. The standard InChI is InChI=1S/C19H21N.C10H24N2O2.C6H5Br/c1-20-14-6-11-19-17-9-4-2-7-15(17)12-13-16-8-3-5-10-18(16)19;1-3-9(7-13)11-5-6-12-10(4-2)8-14;7-6-4-2-1-3-5-6/h2-5,7-10,12-13,19-20H,6,11,14H2,1H3;9-14H,3-8H2,1-2H3;1-5H/t;9-,10-;/m.0./s1. The second kappa shape index (κ2) is 21.4. The monoisotopic (exact) mass is 623 g/mol. The molecule has 0 aromatic heterocycles. The van der Waals surface area contributed by atoms with Gasteiger partial charge in [-0.25, -0.2) is 0 Å². The predicted molar refractivity (Wildman–Crippen MR) is 179 cm³/mol. The minimum atomic E-state index is 0.188. The molecule has 224 valence electrons. The van der Waals surface area contributed by atoms with Crippen molar-refractivity contribution in [3.05, 3.63) is 106 Å². The first kappa shape index (κ1) is 34.9. The zero-order valence-corrected chi connectivity index (χ0v) is 26.6. The predicted octanol–water partition coefficient (Wildman–Crippen LogP) is 6.46. The van der Waals surface area contributed by atoms with Gasteiger partial charge >= 0.3 is 0 Å². The minimum Gasteiger partial charge on any atom is -0.395 e. The van der Waals surface area contributed by atoms with E-state index in [4.69, 9.17) is 10.2 Å². The van der Waals surface area contributed by atoms with Gasteiger partial charge in [-0.3, -0.25) is 0 Å². The SMILES string of the molecule is Brc1ccccc1.CC[C@@H](CO)NCCN[C@@H](CC)CO.CNCCCC1c2ccccc2C=Cc2ccccc21. The number of rotatable bonds is 13. The molecule has 1 aliphatic carbocycles. The third-order valence-corrected chi connectivity index (χ3v) is 7.78. The summed E-state index contributed by atoms with van der Waals surface area (Å²) in [6.45, 7) is 7.20. The van der Waals surface area contributed by atoms with E-state index >= 15 is 0 Å². The van der Waals surface area contributed by atoms with Gasteiger partial charge in [0, 0.05) is 35.6 Å². The van der Waals surface area contributed by atoms with Crippen LogP contribution in [-0.4, -0.2) is 62.2 Å². The van der Waals surface area contributed by atoms with Crippen LogP contribution < -0.4 is 16.0 Å². The molecule has 0 bridgehead atoms. The van der Waals surface area contributed by atoms with E-state index in [1.54, 1.807) is 0 Å². The zero-order valence-electron chi connectivity index (χ0n) is 25.0. The van der Waals surface area contributed by atoms with Crippen molar-refractivity contribution in [1.82, 2.24) is 16.0 Å². The molecule has 0 spiro atoms. The fourth-order valence-electron chi connectivity index (χ4n) is 4.74. The van der Waals surface area contributed by atoms with Gasteiger partial charge in [-0.2, -0.15) is 0 Å². The Morgan fingerprint density at radius 3 is 1.54 bits per heavy atom. The van der Waals surface area contributed by atoms with Crippen LogP contribution in [0, 0.1) is 0 Å². The van der Waals surface area contributed by atoms with Gasteiger partial charge in [0.15, 0.2) is 0 Å². The van der Waals surface area contributed by atoms with Gasteiger partial charge in [-0.05, 0) is 73.7 Å². The molecule has 1 aliphatic rings. The van der Waals surface area contributed by atoms with Crippen molar-refractivity contribution in [2.75, 3.05) is 39.9 Å². The summed E-state index contributed by atoms with van der Waals surface area (Å²) in [7, 11) is 2.02. The summed E-state index contributed by atoms with van der Waals surface area (Å²) in [5.41, 5.74) is 5.64. The zero-order chi connectivity index (χ0) is 29.7. The second-order valence-corrected chi connectivity index (χ2v) is 11.1. The van der Waals surface area contributed by atoms with Gasteiger partial charge in [0.25, 0.3) is 0 Å². The van der Waals surface area contributed by atoms with Gasteiger partial charge in [0.05, 0.1) is 13.2 Å². The lowest BCUT2D eigenvalue weighted by Crippen LogP contribution is -2.40. The Labute approximate surface area is 256 Å². The fraction of sp³-hybridized carbons (Fsp3) is 0.429. The van der Waals surface area contributed by atoms with Crippen LogP contribution in [0.4, 0.5) is 0 Å². The molecule has 0 radical (unpaired) electrons. The number of hydrogen-bond acceptors (Lipinski definition) is 5. The Morgan fingerprint density at radius 1 is 0.683 bits per heavy atom. The van der Waals surface area contributed by atoms with Crippen LogP contribution in [0.25, 0.3) is 12.2 Å². The van der Waals surface area contributed by atoms with E-state index in [9.17, 15) is 0 Å². The smallest absolute Gasteiger partial charge is 0.0584 e. The molecule has 0 fully saturated rings. The highest BCUT2D eigenvalue weighted by molar-refractivity contribution is 9.10. The lowest BCUT2D eigenvalue weighted by molar-refractivity contribution is 0.229. The normalized spacial score (nSPS) is 13.4. The highest BCUT2D eigenvalue weighted by Crippen LogP contribution is 2.37. The summed E-state index contributed by atoms with van der Waals surface area (Å²) < 4.78 is 1.13. The van der Waals surface area contributed by atoms with Gasteiger partial charge in [-0.15, -0.1) is 0 Å². The summed E-state index contributed by atoms with van der Waals surface area (Å²) in [4.78, 5) is 0. The molecule has 0 amide bonds. The second-order valence-electron chi connectivity index (χ2n) is 10.2. The topological polar surface area (TPSA) is 76.5 Å². The summed E-state index contributed by atoms with van der Waals surface area (Å²) in [6, 6.07) is 28.0. The number of benzene rings is 3. The lowest BCUT2D eigenvalue weighted by atomic mass is 9.84. The van der Waals surface area contributed by atoms with Gasteiger partial charge in [0.2, 0.25) is 0 Å². The molecule has 3 aromatic carbocycles. The van der Waals surface area contributed by atoms with Crippen molar-refractivity contribution >= 4 is 28.1 Å². The number of halogens is 1. The molecule has 5 nitrogen and oxygen atoms in total. The highest BCUT2D eigenvalue weighted by Gasteiger charge is 2.20. The molecule has 5 N–H and O–H groups in total. The molecule has 4 rings (SSSR count). The largest absolute Gasteiger partial charge is 0.395 e. The Bertz CT molecular complexity index is 1040. The fourth-order valence-corrected chi connectivity index (χ4v) is 5.05. The number of nitrogens with one attached hydrogen (secondary N) is 3. The molecule has 41 heavy (non-hydrogen) atoms. The van der Waals surface area contributed by atoms with Crippen molar-refractivity contribution in [1.29, 1.82) is 0 Å². The maximum Gasteiger partial charge on any atom is 0.0584 e. The van der Waals surface area contributed by atoms with Crippen molar-refractivity contribution in [3.63, 3.8) is 0 Å². The lowest BCUT2D eigenvalue weighted by Gasteiger charge is -2.20. The first-order valence-corrected chi connectivity index (χ1v) is 15.8. The average molecular weight is 625 g/mol. The average Bonchev–Trinajstić information content (AvgIpc) is 3.17. The van der Waals surface area contributed by atoms with Crippen LogP contribution in [0.3, 0.4) is 0 Å². The van der Waals surface area contributed by atoms with E-state index in [-0.39, 0.29) is 25.3 Å². The first-order valence-electron chi connectivity index (χ1n) is 15.0. The maximum atomic E-state index is 8.90. The summed E-state index contributed by atoms with van der Waals surface area (Å²) >= 11 is 3.31. The van der Waals surface area contributed by atoms with Crippen molar-refractivity contribution in [2.24, 2.45) is 0 Å². The molecule has 0 unspecified atom stereocenters. The van der Waals surface area contributed by atoms with E-state index in [1.165, 1.54) is 35.1 Å². The van der Waals surface area contributed by atoms with Crippen molar-refractivity contribution in [3.8, 4) is 0 Å². The maximum absolute atomic E-state index is 8.90. The van der Waals surface area contributed by atoms with Crippen LogP contribution >= 0.6 is 15.9 Å². The van der Waals surface area contributed by atoms with Crippen LogP contribution in [0.15, 0.2) is 83.3 Å². The molecular weight excluding hydrogens is 574 g/mol. The Balaban J connectivity index is 0.000000243. The first-order chi connectivity index (χ1) is 20.1. The number of fused-ring (bicyclic) bond motifs is 2. The molecule has 6 heteroatoms. The molecule has 2 atom stereocenters. The van der Waals surface area contributed by atoms with E-state index < -0.39 is 0 Å². The third kappa shape index (κ3) is 13.0. The van der Waals surface area contributed by atoms with E-state index in [0.29, 0.717) is 5.92 Å². The van der Waals surface area contributed by atoms with Crippen molar-refractivity contribution in [2.45, 2.75) is 57.5 Å². The molecule has 3 aromatic rings. The number of hydrogen-bond donors (Lipinski definition) is 5. The van der Waals surface area contributed by atoms with E-state index in [0.717, 1.165) is 36.9 Å². The quantitative estimate of drug-likeness (QED) is 0.141. The Kier molecular flexibility index (Phi) is 18.2. The molecular formula is C35H50BrN3O2. The van der Waals surface area contributed by atoms with Crippen LogP contribution in [0.5, 0.6) is 0 Å². The number of aliphatic hydroxyl groups is 2. The van der Waals surface area contributed by atoms with Crippen LogP contribution in [0.1, 0.15) is 67.7 Å². The summed E-state index contributed by atoms with van der Waals surface area (Å²) in [6.07, 6.45) is 8.78. The van der Waals surface area contributed by atoms with Gasteiger partial charge in [-0.1, -0.05) is 109 Å². The number of aliphatic hydroxyl groups excluding tert-OH is 2. The summed E-state index contributed by atoms with van der Waals surface area (Å²) in [5, 5.41) is 27.5. The van der Waals surface area contributed by atoms with E-state index in [2.05, 4.69) is 92.6 Å². The van der Waals surface area contributed by atoms with Crippen molar-refractivity contribution < 1.29 is 10.2 Å². The molecule has 0 heterocycles. The summed E-state index contributed by atoms with van der Waals surface area (Å²) in [5.74, 6) is 0.505. The van der Waals surface area contributed by atoms with E-state index in [1.807, 2.05) is 51.2 Å². The Morgan fingerprint density at radius 2 is 1.15 bits per heavy atom.